The van der Waals surface area contributed by atoms with Crippen LogP contribution >= 0.6 is 12.2 Å². The highest BCUT2D eigenvalue weighted by molar-refractivity contribution is 7.80. The molecule has 1 unspecified atom stereocenters. The van der Waals surface area contributed by atoms with E-state index < -0.39 is 0 Å². The molecule has 86 valence electrons. The van der Waals surface area contributed by atoms with Gasteiger partial charge in [0.2, 0.25) is 5.91 Å². The maximum Gasteiger partial charge on any atom is 0.222 e. The standard InChI is InChI=1S/C11H20N2OS/c1-9-4-5-11(14)13(8-6-9)7-2-3-10(12)15/h9H,2-8H2,1H3,(H2,12,15). The Labute approximate surface area is 97.0 Å². The lowest BCUT2D eigenvalue weighted by Crippen LogP contribution is -2.31. The monoisotopic (exact) mass is 228 g/mol. The summed E-state index contributed by atoms with van der Waals surface area (Å²) in [6, 6.07) is 0. The number of hydrogen-bond donors (Lipinski definition) is 1. The highest BCUT2D eigenvalue weighted by atomic mass is 32.1. The summed E-state index contributed by atoms with van der Waals surface area (Å²) in [4.78, 5) is 14.2. The predicted octanol–water partition coefficient (Wildman–Crippen LogP) is 1.70. The molecule has 15 heavy (non-hydrogen) atoms. The molecule has 1 fully saturated rings. The Morgan fingerprint density at radius 3 is 3.00 bits per heavy atom. The fraction of sp³-hybridized carbons (Fsp3) is 0.818. The number of carbonyl (C=O) groups is 1. The smallest absolute Gasteiger partial charge is 0.222 e. The summed E-state index contributed by atoms with van der Waals surface area (Å²) >= 11 is 4.81. The first kappa shape index (κ1) is 12.4. The van der Waals surface area contributed by atoms with Crippen LogP contribution in [0.15, 0.2) is 0 Å². The third-order valence-electron chi connectivity index (χ3n) is 2.95. The maximum absolute atomic E-state index is 11.7. The number of amides is 1. The minimum absolute atomic E-state index is 0.294. The molecular formula is C11H20N2OS. The van der Waals surface area contributed by atoms with E-state index >= 15 is 0 Å². The summed E-state index contributed by atoms with van der Waals surface area (Å²) in [7, 11) is 0. The Bertz CT molecular complexity index is 243. The van der Waals surface area contributed by atoms with Crippen LogP contribution in [0.2, 0.25) is 0 Å². The second kappa shape index (κ2) is 6.05. The van der Waals surface area contributed by atoms with Crippen molar-refractivity contribution in [2.75, 3.05) is 13.1 Å². The molecule has 3 nitrogen and oxygen atoms in total. The molecule has 0 bridgehead atoms. The summed E-state index contributed by atoms with van der Waals surface area (Å²) in [5.74, 6) is 0.969. The van der Waals surface area contributed by atoms with Crippen LogP contribution in [0.5, 0.6) is 0 Å². The van der Waals surface area contributed by atoms with E-state index in [0.29, 0.717) is 23.2 Å². The van der Waals surface area contributed by atoms with Gasteiger partial charge in [-0.05, 0) is 31.6 Å². The van der Waals surface area contributed by atoms with Crippen molar-refractivity contribution in [3.63, 3.8) is 0 Å². The Morgan fingerprint density at radius 2 is 2.33 bits per heavy atom. The van der Waals surface area contributed by atoms with Gasteiger partial charge in [0.25, 0.3) is 0 Å². The molecule has 1 amide bonds. The quantitative estimate of drug-likeness (QED) is 0.745. The number of nitrogens with two attached hydrogens (primary N) is 1. The van der Waals surface area contributed by atoms with E-state index in [-0.39, 0.29) is 0 Å². The van der Waals surface area contributed by atoms with E-state index in [1.54, 1.807) is 0 Å². The van der Waals surface area contributed by atoms with E-state index in [0.717, 1.165) is 38.8 Å². The molecule has 1 atom stereocenters. The van der Waals surface area contributed by atoms with Gasteiger partial charge < -0.3 is 10.6 Å². The molecular weight excluding hydrogens is 208 g/mol. The van der Waals surface area contributed by atoms with Crippen LogP contribution in [0, 0.1) is 5.92 Å². The van der Waals surface area contributed by atoms with Crippen LogP contribution in [-0.4, -0.2) is 28.9 Å². The van der Waals surface area contributed by atoms with Crippen LogP contribution in [0.4, 0.5) is 0 Å². The largest absolute Gasteiger partial charge is 0.393 e. The molecule has 1 heterocycles. The summed E-state index contributed by atoms with van der Waals surface area (Å²) in [6.45, 7) is 3.92. The van der Waals surface area contributed by atoms with Crippen molar-refractivity contribution in [3.05, 3.63) is 0 Å². The van der Waals surface area contributed by atoms with E-state index in [4.69, 9.17) is 18.0 Å². The zero-order chi connectivity index (χ0) is 11.3. The molecule has 0 aromatic rings. The SMILES string of the molecule is CC1CCC(=O)N(CCCC(N)=S)CC1. The molecule has 0 spiro atoms. The van der Waals surface area contributed by atoms with E-state index in [9.17, 15) is 4.79 Å². The van der Waals surface area contributed by atoms with Gasteiger partial charge in [0.05, 0.1) is 4.99 Å². The highest BCUT2D eigenvalue weighted by Crippen LogP contribution is 2.17. The number of carbonyl (C=O) groups excluding carboxylic acids is 1. The Hall–Kier alpha value is -0.640. The average molecular weight is 228 g/mol. The van der Waals surface area contributed by atoms with E-state index in [2.05, 4.69) is 6.92 Å². The van der Waals surface area contributed by atoms with Crippen LogP contribution in [-0.2, 0) is 4.79 Å². The molecule has 1 aliphatic heterocycles. The van der Waals surface area contributed by atoms with Gasteiger partial charge in [0.1, 0.15) is 0 Å². The summed E-state index contributed by atoms with van der Waals surface area (Å²) in [6.07, 6.45) is 4.50. The van der Waals surface area contributed by atoms with Gasteiger partial charge in [0.15, 0.2) is 0 Å². The Balaban J connectivity index is 2.32. The van der Waals surface area contributed by atoms with Gasteiger partial charge in [-0.3, -0.25) is 4.79 Å². The van der Waals surface area contributed by atoms with Gasteiger partial charge in [-0.2, -0.15) is 0 Å². The highest BCUT2D eigenvalue weighted by Gasteiger charge is 2.19. The molecule has 1 aliphatic rings. The van der Waals surface area contributed by atoms with E-state index in [1.807, 2.05) is 4.90 Å². The van der Waals surface area contributed by atoms with Gasteiger partial charge >= 0.3 is 0 Å². The normalized spacial score (nSPS) is 22.6. The van der Waals surface area contributed by atoms with Crippen molar-refractivity contribution in [2.24, 2.45) is 11.7 Å². The first-order valence-corrected chi connectivity index (χ1v) is 6.06. The first-order valence-electron chi connectivity index (χ1n) is 5.65. The van der Waals surface area contributed by atoms with Crippen molar-refractivity contribution >= 4 is 23.1 Å². The number of hydrogen-bond acceptors (Lipinski definition) is 2. The van der Waals surface area contributed by atoms with E-state index in [1.165, 1.54) is 0 Å². The predicted molar refractivity (Wildman–Crippen MR) is 65.6 cm³/mol. The fourth-order valence-corrected chi connectivity index (χ4v) is 2.00. The number of nitrogens with zero attached hydrogens (tertiary/aromatic N) is 1. The van der Waals surface area contributed by atoms with Crippen molar-refractivity contribution in [1.82, 2.24) is 4.90 Å². The molecule has 0 radical (unpaired) electrons. The van der Waals surface area contributed by atoms with Crippen LogP contribution in [0.25, 0.3) is 0 Å². The second-order valence-electron chi connectivity index (χ2n) is 4.38. The Morgan fingerprint density at radius 1 is 1.60 bits per heavy atom. The zero-order valence-electron chi connectivity index (χ0n) is 9.37. The molecule has 1 rings (SSSR count). The third kappa shape index (κ3) is 4.60. The first-order chi connectivity index (χ1) is 7.09. The molecule has 1 saturated heterocycles. The number of rotatable bonds is 4. The van der Waals surface area contributed by atoms with Gasteiger partial charge in [-0.25, -0.2) is 0 Å². The third-order valence-corrected chi connectivity index (χ3v) is 3.15. The topological polar surface area (TPSA) is 46.3 Å². The number of likely N-dealkylation sites (tertiary alicyclic amines) is 1. The van der Waals surface area contributed by atoms with Crippen LogP contribution < -0.4 is 5.73 Å². The van der Waals surface area contributed by atoms with Crippen molar-refractivity contribution < 1.29 is 4.79 Å². The van der Waals surface area contributed by atoms with Gasteiger partial charge in [-0.15, -0.1) is 0 Å². The summed E-state index contributed by atoms with van der Waals surface area (Å²) in [5.41, 5.74) is 5.42. The lowest BCUT2D eigenvalue weighted by molar-refractivity contribution is -0.130. The lowest BCUT2D eigenvalue weighted by atomic mass is 10.0. The lowest BCUT2D eigenvalue weighted by Gasteiger charge is -2.20. The Kier molecular flexibility index (Phi) is 5.02. The van der Waals surface area contributed by atoms with Gasteiger partial charge in [0, 0.05) is 19.5 Å². The fourth-order valence-electron chi connectivity index (χ4n) is 1.85. The second-order valence-corrected chi connectivity index (χ2v) is 4.91. The number of thiocarbonyl (C=S) groups is 1. The summed E-state index contributed by atoms with van der Waals surface area (Å²) < 4.78 is 0. The average Bonchev–Trinajstić information content (AvgIpc) is 2.32. The van der Waals surface area contributed by atoms with Crippen molar-refractivity contribution in [1.29, 1.82) is 0 Å². The summed E-state index contributed by atoms with van der Waals surface area (Å²) in [5, 5.41) is 0. The molecule has 4 heteroatoms. The molecule has 0 saturated carbocycles. The van der Waals surface area contributed by atoms with Crippen molar-refractivity contribution in [3.8, 4) is 0 Å². The minimum atomic E-state index is 0.294. The molecule has 2 N–H and O–H groups in total. The molecule has 0 aromatic carbocycles. The molecule has 0 aromatic heterocycles. The zero-order valence-corrected chi connectivity index (χ0v) is 10.2. The van der Waals surface area contributed by atoms with Crippen LogP contribution in [0.1, 0.15) is 39.0 Å². The van der Waals surface area contributed by atoms with Gasteiger partial charge in [-0.1, -0.05) is 19.1 Å². The maximum atomic E-state index is 11.7. The van der Waals surface area contributed by atoms with Crippen LogP contribution in [0.3, 0.4) is 0 Å². The minimum Gasteiger partial charge on any atom is -0.393 e. The molecule has 0 aliphatic carbocycles. The van der Waals surface area contributed by atoms with Crippen molar-refractivity contribution in [2.45, 2.75) is 39.0 Å².